The minimum absolute atomic E-state index is 0.651. The molecule has 0 radical (unpaired) electrons. The summed E-state index contributed by atoms with van der Waals surface area (Å²) >= 11 is 0. The van der Waals surface area contributed by atoms with Gasteiger partial charge in [0.2, 0.25) is 0 Å². The van der Waals surface area contributed by atoms with E-state index in [1.54, 1.807) is 0 Å². The first kappa shape index (κ1) is 19.8. The van der Waals surface area contributed by atoms with Crippen molar-refractivity contribution in [3.8, 4) is 0 Å². The zero-order valence-electron chi connectivity index (χ0n) is 15.8. The Hall–Kier alpha value is -2.22. The van der Waals surface area contributed by atoms with Crippen LogP contribution in [0.25, 0.3) is 0 Å². The molecule has 2 aromatic rings. The molecule has 0 bridgehead atoms. The van der Waals surface area contributed by atoms with Crippen molar-refractivity contribution in [1.29, 1.82) is 0 Å². The molecule has 1 aliphatic rings. The third kappa shape index (κ3) is 5.45. The van der Waals surface area contributed by atoms with Crippen molar-refractivity contribution in [3.05, 3.63) is 72.6 Å². The van der Waals surface area contributed by atoms with E-state index in [1.165, 1.54) is 17.7 Å². The predicted molar refractivity (Wildman–Crippen MR) is 109 cm³/mol. The first-order valence-corrected chi connectivity index (χ1v) is 9.18. The Morgan fingerprint density at radius 2 is 1.54 bits per heavy atom. The highest BCUT2D eigenvalue weighted by Crippen LogP contribution is 2.34. The summed E-state index contributed by atoms with van der Waals surface area (Å²) in [7, 11) is 0. The molecule has 2 nitrogen and oxygen atoms in total. The summed E-state index contributed by atoms with van der Waals surface area (Å²) in [6.45, 7) is 11.4. The SMILES string of the molecule is CC.CC.CC1CCN(/C=C\Nc2ccccc2)c2ccccc21. The van der Waals surface area contributed by atoms with E-state index in [9.17, 15) is 0 Å². The second-order valence-corrected chi connectivity index (χ2v) is 5.27. The van der Waals surface area contributed by atoms with Crippen LogP contribution < -0.4 is 10.2 Å². The molecule has 0 amide bonds. The Balaban J connectivity index is 0.000000671. The highest BCUT2D eigenvalue weighted by atomic mass is 15.1. The molecule has 3 rings (SSSR count). The van der Waals surface area contributed by atoms with Crippen LogP contribution in [-0.4, -0.2) is 6.54 Å². The number of benzene rings is 2. The molecule has 0 aliphatic carbocycles. The number of fused-ring (bicyclic) bond motifs is 1. The normalized spacial score (nSPS) is 15.5. The molecule has 2 heteroatoms. The number of anilines is 2. The van der Waals surface area contributed by atoms with Crippen LogP contribution in [0.1, 0.15) is 52.5 Å². The van der Waals surface area contributed by atoms with Gasteiger partial charge in [-0.3, -0.25) is 0 Å². The van der Waals surface area contributed by atoms with E-state index >= 15 is 0 Å². The minimum Gasteiger partial charge on any atom is -0.360 e. The van der Waals surface area contributed by atoms with Gasteiger partial charge in [0.1, 0.15) is 0 Å². The van der Waals surface area contributed by atoms with Crippen molar-refractivity contribution in [1.82, 2.24) is 0 Å². The summed E-state index contributed by atoms with van der Waals surface area (Å²) in [6.07, 6.45) is 5.35. The lowest BCUT2D eigenvalue weighted by molar-refractivity contribution is 0.647. The van der Waals surface area contributed by atoms with Crippen molar-refractivity contribution >= 4 is 11.4 Å². The van der Waals surface area contributed by atoms with Crippen LogP contribution in [0.2, 0.25) is 0 Å². The van der Waals surface area contributed by atoms with E-state index in [2.05, 4.69) is 59.7 Å². The molecule has 1 atom stereocenters. The molecular weight excluding hydrogens is 292 g/mol. The zero-order valence-corrected chi connectivity index (χ0v) is 15.8. The van der Waals surface area contributed by atoms with Gasteiger partial charge in [-0.05, 0) is 36.1 Å². The van der Waals surface area contributed by atoms with E-state index in [1.807, 2.05) is 52.1 Å². The lowest BCUT2D eigenvalue weighted by Crippen LogP contribution is -2.25. The van der Waals surface area contributed by atoms with E-state index in [4.69, 9.17) is 0 Å². The molecule has 1 N–H and O–H groups in total. The van der Waals surface area contributed by atoms with Crippen molar-refractivity contribution in [3.63, 3.8) is 0 Å². The molecule has 1 aliphatic heterocycles. The number of rotatable bonds is 3. The smallest absolute Gasteiger partial charge is 0.0441 e. The fraction of sp³-hybridized carbons (Fsp3) is 0.364. The second kappa shape index (κ2) is 11.3. The molecule has 0 saturated carbocycles. The quantitative estimate of drug-likeness (QED) is 0.681. The first-order valence-electron chi connectivity index (χ1n) is 9.18. The molecule has 0 aromatic heterocycles. The standard InChI is InChI=1S/C18H20N2.2C2H6/c1-15-11-13-20(18-10-6-5-9-17(15)18)14-12-19-16-7-3-2-4-8-16;2*1-2/h2-10,12,14-15,19H,11,13H2,1H3;2*1-2H3/b14-12-;;. The number of hydrogen-bond donors (Lipinski definition) is 1. The van der Waals surface area contributed by atoms with E-state index in [-0.39, 0.29) is 0 Å². The molecule has 0 saturated heterocycles. The van der Waals surface area contributed by atoms with Gasteiger partial charge in [-0.25, -0.2) is 0 Å². The molecule has 0 spiro atoms. The average molecular weight is 325 g/mol. The first-order chi connectivity index (χ1) is 11.8. The number of para-hydroxylation sites is 2. The van der Waals surface area contributed by atoms with Crippen LogP contribution in [0.3, 0.4) is 0 Å². The van der Waals surface area contributed by atoms with Gasteiger partial charge in [0.25, 0.3) is 0 Å². The van der Waals surface area contributed by atoms with Crippen molar-refractivity contribution < 1.29 is 0 Å². The maximum Gasteiger partial charge on any atom is 0.0441 e. The maximum atomic E-state index is 3.31. The Kier molecular flexibility index (Phi) is 9.36. The van der Waals surface area contributed by atoms with Gasteiger partial charge in [0.15, 0.2) is 0 Å². The Labute approximate surface area is 148 Å². The lowest BCUT2D eigenvalue weighted by atomic mass is 9.92. The van der Waals surface area contributed by atoms with Gasteiger partial charge >= 0.3 is 0 Å². The summed E-state index contributed by atoms with van der Waals surface area (Å²) in [4.78, 5) is 2.32. The maximum absolute atomic E-state index is 3.31. The summed E-state index contributed by atoms with van der Waals surface area (Å²) in [5.41, 5.74) is 3.89. The summed E-state index contributed by atoms with van der Waals surface area (Å²) < 4.78 is 0. The molecular formula is C22H32N2. The topological polar surface area (TPSA) is 15.3 Å². The number of hydrogen-bond acceptors (Lipinski definition) is 2. The van der Waals surface area contributed by atoms with Gasteiger partial charge in [0, 0.05) is 30.3 Å². The molecule has 24 heavy (non-hydrogen) atoms. The van der Waals surface area contributed by atoms with Gasteiger partial charge in [0.05, 0.1) is 0 Å². The van der Waals surface area contributed by atoms with Gasteiger partial charge in [-0.1, -0.05) is 71.0 Å². The highest BCUT2D eigenvalue weighted by Gasteiger charge is 2.19. The van der Waals surface area contributed by atoms with Crippen molar-refractivity contribution in [2.75, 3.05) is 16.8 Å². The predicted octanol–water partition coefficient (Wildman–Crippen LogP) is 6.64. The van der Waals surface area contributed by atoms with E-state index in [0.29, 0.717) is 5.92 Å². The van der Waals surface area contributed by atoms with Crippen molar-refractivity contribution in [2.45, 2.75) is 47.0 Å². The van der Waals surface area contributed by atoms with Gasteiger partial charge in [-0.2, -0.15) is 0 Å². The monoisotopic (exact) mass is 324 g/mol. The van der Waals surface area contributed by atoms with E-state index in [0.717, 1.165) is 12.2 Å². The van der Waals surface area contributed by atoms with Crippen LogP contribution >= 0.6 is 0 Å². The largest absolute Gasteiger partial charge is 0.360 e. The molecule has 130 valence electrons. The fourth-order valence-corrected chi connectivity index (χ4v) is 2.69. The van der Waals surface area contributed by atoms with Gasteiger partial charge < -0.3 is 10.2 Å². The Morgan fingerprint density at radius 3 is 2.25 bits per heavy atom. The third-order valence-electron chi connectivity index (χ3n) is 3.86. The molecule has 1 heterocycles. The van der Waals surface area contributed by atoms with Crippen LogP contribution in [0, 0.1) is 0 Å². The second-order valence-electron chi connectivity index (χ2n) is 5.27. The summed E-state index contributed by atoms with van der Waals surface area (Å²) in [6, 6.07) is 18.9. The summed E-state index contributed by atoms with van der Waals surface area (Å²) in [5.74, 6) is 0.651. The zero-order chi connectivity index (χ0) is 17.8. The fourth-order valence-electron chi connectivity index (χ4n) is 2.69. The van der Waals surface area contributed by atoms with Crippen LogP contribution in [-0.2, 0) is 0 Å². The lowest BCUT2D eigenvalue weighted by Gasteiger charge is -2.32. The Bertz CT molecular complexity index is 590. The average Bonchev–Trinajstić information content (AvgIpc) is 2.68. The number of nitrogens with one attached hydrogen (secondary N) is 1. The third-order valence-corrected chi connectivity index (χ3v) is 3.86. The van der Waals surface area contributed by atoms with Crippen molar-refractivity contribution in [2.24, 2.45) is 0 Å². The van der Waals surface area contributed by atoms with E-state index < -0.39 is 0 Å². The Morgan fingerprint density at radius 1 is 0.917 bits per heavy atom. The van der Waals surface area contributed by atoms with Crippen LogP contribution in [0.4, 0.5) is 11.4 Å². The van der Waals surface area contributed by atoms with Crippen LogP contribution in [0.5, 0.6) is 0 Å². The molecule has 2 aromatic carbocycles. The number of nitrogens with zero attached hydrogens (tertiary/aromatic N) is 1. The highest BCUT2D eigenvalue weighted by molar-refractivity contribution is 5.59. The molecule has 0 fully saturated rings. The van der Waals surface area contributed by atoms with Crippen LogP contribution in [0.15, 0.2) is 67.0 Å². The summed E-state index contributed by atoms with van der Waals surface area (Å²) in [5, 5.41) is 3.31. The minimum atomic E-state index is 0.651. The molecule has 1 unspecified atom stereocenters. The van der Waals surface area contributed by atoms with Gasteiger partial charge in [-0.15, -0.1) is 0 Å².